The van der Waals surface area contributed by atoms with E-state index in [1.165, 1.54) is 14.2 Å². The van der Waals surface area contributed by atoms with Gasteiger partial charge in [-0.15, -0.1) is 0 Å². The van der Waals surface area contributed by atoms with Crippen LogP contribution < -0.4 is 0 Å². The third-order valence-electron chi connectivity index (χ3n) is 2.35. The Hall–Kier alpha value is -0.230. The van der Waals surface area contributed by atoms with Crippen molar-refractivity contribution >= 4 is 21.7 Å². The number of methoxy groups -OCH3 is 2. The number of ether oxygens (including phenoxy) is 3. The van der Waals surface area contributed by atoms with Crippen molar-refractivity contribution in [3.8, 4) is 0 Å². The van der Waals surface area contributed by atoms with E-state index in [1.54, 1.807) is 6.08 Å². The van der Waals surface area contributed by atoms with Crippen LogP contribution in [0.1, 0.15) is 0 Å². The second-order valence-electron chi connectivity index (χ2n) is 2.96. The Labute approximate surface area is 84.0 Å². The zero-order valence-electron chi connectivity index (χ0n) is 7.24. The number of halogens is 1. The van der Waals surface area contributed by atoms with Crippen LogP contribution in [0.25, 0.3) is 0 Å². The molecule has 13 heavy (non-hydrogen) atoms. The van der Waals surface area contributed by atoms with E-state index in [0.717, 1.165) is 0 Å². The standard InChI is InChI=1S/C8H9BrO4/c1-11-8(12-2)3-4(9)5(10)6-7(8)13-6/h3,6-7H,1-2H3. The quantitative estimate of drug-likeness (QED) is 0.531. The lowest BCUT2D eigenvalue weighted by atomic mass is 10.0. The molecule has 0 aromatic heterocycles. The van der Waals surface area contributed by atoms with Gasteiger partial charge in [0.1, 0.15) is 6.10 Å². The Balaban J connectivity index is 2.36. The Kier molecular flexibility index (Phi) is 2.07. The molecule has 2 unspecified atom stereocenters. The fourth-order valence-electron chi connectivity index (χ4n) is 1.52. The van der Waals surface area contributed by atoms with Gasteiger partial charge in [-0.25, -0.2) is 0 Å². The summed E-state index contributed by atoms with van der Waals surface area (Å²) in [6, 6.07) is 0. The molecule has 72 valence electrons. The summed E-state index contributed by atoms with van der Waals surface area (Å²) in [5.41, 5.74) is 0. The molecule has 0 saturated carbocycles. The Morgan fingerprint density at radius 3 is 2.69 bits per heavy atom. The first-order valence-corrected chi connectivity index (χ1v) is 4.62. The topological polar surface area (TPSA) is 48.1 Å². The van der Waals surface area contributed by atoms with Crippen LogP contribution in [0.2, 0.25) is 0 Å². The van der Waals surface area contributed by atoms with Crippen LogP contribution in [0.3, 0.4) is 0 Å². The maximum atomic E-state index is 11.3. The first-order valence-electron chi connectivity index (χ1n) is 3.83. The number of fused-ring (bicyclic) bond motifs is 1. The molecule has 4 nitrogen and oxygen atoms in total. The van der Waals surface area contributed by atoms with Crippen molar-refractivity contribution < 1.29 is 19.0 Å². The molecule has 0 spiro atoms. The smallest absolute Gasteiger partial charge is 0.219 e. The first kappa shape index (κ1) is 9.33. The molecule has 0 aromatic rings. The molecule has 1 heterocycles. The van der Waals surface area contributed by atoms with Crippen molar-refractivity contribution in [1.29, 1.82) is 0 Å². The molecule has 2 atom stereocenters. The minimum atomic E-state index is -0.905. The van der Waals surface area contributed by atoms with Gasteiger partial charge in [0, 0.05) is 14.2 Å². The molecule has 0 N–H and O–H groups in total. The summed E-state index contributed by atoms with van der Waals surface area (Å²) >= 11 is 3.15. The van der Waals surface area contributed by atoms with Crippen molar-refractivity contribution in [3.63, 3.8) is 0 Å². The minimum absolute atomic E-state index is 0.0466. The predicted octanol–water partition coefficient (Wildman–Crippen LogP) is 0.604. The zero-order valence-corrected chi connectivity index (χ0v) is 8.83. The lowest BCUT2D eigenvalue weighted by Gasteiger charge is -2.27. The van der Waals surface area contributed by atoms with Crippen molar-refractivity contribution in [3.05, 3.63) is 10.6 Å². The van der Waals surface area contributed by atoms with Crippen molar-refractivity contribution in [2.75, 3.05) is 14.2 Å². The molecule has 5 heteroatoms. The molecular formula is C8H9BrO4. The highest BCUT2D eigenvalue weighted by atomic mass is 79.9. The van der Waals surface area contributed by atoms with E-state index in [-0.39, 0.29) is 11.9 Å². The largest absolute Gasteiger partial charge is 0.355 e. The van der Waals surface area contributed by atoms with Crippen LogP contribution >= 0.6 is 15.9 Å². The van der Waals surface area contributed by atoms with Crippen LogP contribution in [0.15, 0.2) is 10.6 Å². The number of epoxide rings is 1. The second-order valence-corrected chi connectivity index (χ2v) is 3.82. The van der Waals surface area contributed by atoms with Crippen LogP contribution in [0, 0.1) is 0 Å². The van der Waals surface area contributed by atoms with E-state index >= 15 is 0 Å². The summed E-state index contributed by atoms with van der Waals surface area (Å²) in [5, 5.41) is 0. The monoisotopic (exact) mass is 248 g/mol. The van der Waals surface area contributed by atoms with Gasteiger partial charge in [0.05, 0.1) is 4.48 Å². The number of carbonyl (C=O) groups is 1. The van der Waals surface area contributed by atoms with Crippen LogP contribution in [0.4, 0.5) is 0 Å². The van der Waals surface area contributed by atoms with Crippen molar-refractivity contribution in [2.24, 2.45) is 0 Å². The molecule has 1 aliphatic carbocycles. The van der Waals surface area contributed by atoms with E-state index in [2.05, 4.69) is 15.9 Å². The summed E-state index contributed by atoms with van der Waals surface area (Å²) < 4.78 is 16.0. The van der Waals surface area contributed by atoms with Gasteiger partial charge in [0.15, 0.2) is 6.10 Å². The van der Waals surface area contributed by atoms with Crippen molar-refractivity contribution in [2.45, 2.75) is 18.0 Å². The summed E-state index contributed by atoms with van der Waals surface area (Å²) in [7, 11) is 3.05. The molecule has 2 rings (SSSR count). The fraction of sp³-hybridized carbons (Fsp3) is 0.625. The molecule has 0 amide bonds. The number of rotatable bonds is 2. The van der Waals surface area contributed by atoms with Gasteiger partial charge in [0.2, 0.25) is 11.6 Å². The number of hydrogen-bond donors (Lipinski definition) is 0. The van der Waals surface area contributed by atoms with E-state index < -0.39 is 11.9 Å². The molecule has 1 aliphatic heterocycles. The number of carbonyl (C=O) groups excluding carboxylic acids is 1. The lowest BCUT2D eigenvalue weighted by molar-refractivity contribution is -0.183. The maximum Gasteiger partial charge on any atom is 0.219 e. The summed E-state index contributed by atoms with van der Waals surface area (Å²) in [4.78, 5) is 11.3. The van der Waals surface area contributed by atoms with Gasteiger partial charge in [-0.2, -0.15) is 0 Å². The molecule has 1 saturated heterocycles. The van der Waals surface area contributed by atoms with Crippen molar-refractivity contribution in [1.82, 2.24) is 0 Å². The molecule has 0 aromatic carbocycles. The molecule has 0 bridgehead atoms. The van der Waals surface area contributed by atoms with Crippen LogP contribution in [0.5, 0.6) is 0 Å². The van der Waals surface area contributed by atoms with E-state index in [9.17, 15) is 4.79 Å². The van der Waals surface area contributed by atoms with Gasteiger partial charge >= 0.3 is 0 Å². The summed E-state index contributed by atoms with van der Waals surface area (Å²) in [6.45, 7) is 0. The Morgan fingerprint density at radius 1 is 1.54 bits per heavy atom. The summed E-state index contributed by atoms with van der Waals surface area (Å²) in [5.74, 6) is -0.952. The highest BCUT2D eigenvalue weighted by Crippen LogP contribution is 2.43. The minimum Gasteiger partial charge on any atom is -0.355 e. The number of Topliss-reactive ketones (excluding diaryl/α,β-unsaturated/α-hetero) is 1. The highest BCUT2D eigenvalue weighted by Gasteiger charge is 2.62. The third kappa shape index (κ3) is 1.19. The van der Waals surface area contributed by atoms with E-state index in [0.29, 0.717) is 4.48 Å². The van der Waals surface area contributed by atoms with Gasteiger partial charge in [-0.05, 0) is 22.0 Å². The van der Waals surface area contributed by atoms with Gasteiger partial charge in [0.25, 0.3) is 0 Å². The normalized spacial score (nSPS) is 35.3. The second kappa shape index (κ2) is 2.88. The molecular weight excluding hydrogens is 240 g/mol. The van der Waals surface area contributed by atoms with Gasteiger partial charge in [-0.1, -0.05) is 0 Å². The van der Waals surface area contributed by atoms with Gasteiger partial charge in [-0.3, -0.25) is 4.79 Å². The number of ketones is 1. The average Bonchev–Trinajstić information content (AvgIpc) is 2.92. The molecule has 0 radical (unpaired) electrons. The SMILES string of the molecule is COC1(OC)C=C(Br)C(=O)C2OC21. The van der Waals surface area contributed by atoms with Gasteiger partial charge < -0.3 is 14.2 Å². The fourth-order valence-corrected chi connectivity index (χ4v) is 2.06. The Bertz CT molecular complexity index is 282. The molecule has 1 fully saturated rings. The number of hydrogen-bond acceptors (Lipinski definition) is 4. The predicted molar refractivity (Wildman–Crippen MR) is 47.4 cm³/mol. The third-order valence-corrected chi connectivity index (χ3v) is 2.97. The van der Waals surface area contributed by atoms with Crippen LogP contribution in [-0.4, -0.2) is 38.0 Å². The molecule has 2 aliphatic rings. The summed E-state index contributed by atoms with van der Waals surface area (Å²) in [6.07, 6.45) is 0.902. The Morgan fingerprint density at radius 2 is 2.15 bits per heavy atom. The average molecular weight is 249 g/mol. The first-order chi connectivity index (χ1) is 6.14. The van der Waals surface area contributed by atoms with Crippen LogP contribution in [-0.2, 0) is 19.0 Å². The highest BCUT2D eigenvalue weighted by molar-refractivity contribution is 9.12. The van der Waals surface area contributed by atoms with E-state index in [4.69, 9.17) is 14.2 Å². The lowest BCUT2D eigenvalue weighted by Crippen LogP contribution is -2.43. The maximum absolute atomic E-state index is 11.3. The zero-order chi connectivity index (χ0) is 9.64. The van der Waals surface area contributed by atoms with E-state index in [1.807, 2.05) is 0 Å².